The highest BCUT2D eigenvalue weighted by Gasteiger charge is 2.26. The molecule has 4 rings (SSSR count). The van der Waals surface area contributed by atoms with E-state index < -0.39 is 11.6 Å². The average Bonchev–Trinajstić information content (AvgIpc) is 3.21. The second-order valence-electron chi connectivity index (χ2n) is 7.13. The van der Waals surface area contributed by atoms with Crippen LogP contribution in [0.15, 0.2) is 59.1 Å². The monoisotopic (exact) mass is 382 g/mol. The summed E-state index contributed by atoms with van der Waals surface area (Å²) >= 11 is 0. The highest BCUT2D eigenvalue weighted by Crippen LogP contribution is 2.25. The SMILES string of the molecule is O=C(c1cc(-c2ccc(F)c(F)c2)on1)N1CCC(Cc2ccccc2)CC1. The molecule has 1 fully saturated rings. The van der Waals surface area contributed by atoms with Gasteiger partial charge in [-0.1, -0.05) is 35.5 Å². The summed E-state index contributed by atoms with van der Waals surface area (Å²) in [5.74, 6) is -1.31. The first-order chi connectivity index (χ1) is 13.6. The van der Waals surface area contributed by atoms with Crippen LogP contribution >= 0.6 is 0 Å². The van der Waals surface area contributed by atoms with Crippen LogP contribution in [0.25, 0.3) is 11.3 Å². The number of rotatable bonds is 4. The van der Waals surface area contributed by atoms with Crippen molar-refractivity contribution < 1.29 is 18.1 Å². The third-order valence-corrected chi connectivity index (χ3v) is 5.20. The minimum absolute atomic E-state index is 0.182. The predicted molar refractivity (Wildman–Crippen MR) is 101 cm³/mol. The number of benzene rings is 2. The van der Waals surface area contributed by atoms with Gasteiger partial charge in [-0.2, -0.15) is 0 Å². The maximum Gasteiger partial charge on any atom is 0.276 e. The van der Waals surface area contributed by atoms with E-state index >= 15 is 0 Å². The standard InChI is InChI=1S/C22H20F2N2O2/c23-18-7-6-17(13-19(18)24)21-14-20(25-28-21)22(27)26-10-8-16(9-11-26)12-15-4-2-1-3-5-15/h1-7,13-14,16H,8-12H2. The molecule has 1 aromatic heterocycles. The summed E-state index contributed by atoms with van der Waals surface area (Å²) in [6.45, 7) is 1.34. The molecule has 0 N–H and O–H groups in total. The molecule has 144 valence electrons. The fourth-order valence-corrected chi connectivity index (χ4v) is 3.61. The largest absolute Gasteiger partial charge is 0.355 e. The van der Waals surface area contributed by atoms with Crippen molar-refractivity contribution in [2.45, 2.75) is 19.3 Å². The van der Waals surface area contributed by atoms with Gasteiger partial charge < -0.3 is 9.42 Å². The molecular weight excluding hydrogens is 362 g/mol. The second kappa shape index (κ2) is 7.92. The van der Waals surface area contributed by atoms with Crippen molar-refractivity contribution >= 4 is 5.91 Å². The molecule has 0 aliphatic carbocycles. The molecule has 1 aliphatic rings. The van der Waals surface area contributed by atoms with Crippen molar-refractivity contribution in [1.82, 2.24) is 10.1 Å². The van der Waals surface area contributed by atoms with Crippen molar-refractivity contribution in [3.8, 4) is 11.3 Å². The number of piperidine rings is 1. The summed E-state index contributed by atoms with van der Waals surface area (Å²) in [5.41, 5.74) is 1.84. The van der Waals surface area contributed by atoms with Gasteiger partial charge in [0.2, 0.25) is 0 Å². The summed E-state index contributed by atoms with van der Waals surface area (Å²) in [7, 11) is 0. The molecule has 0 saturated carbocycles. The summed E-state index contributed by atoms with van der Waals surface area (Å²) in [4.78, 5) is 14.5. The van der Waals surface area contributed by atoms with Crippen LogP contribution in [-0.4, -0.2) is 29.1 Å². The summed E-state index contributed by atoms with van der Waals surface area (Å²) < 4.78 is 31.7. The number of likely N-dealkylation sites (tertiary alicyclic amines) is 1. The normalized spacial score (nSPS) is 15.0. The summed E-state index contributed by atoms with van der Waals surface area (Å²) in [6, 6.07) is 15.3. The van der Waals surface area contributed by atoms with E-state index in [9.17, 15) is 13.6 Å². The van der Waals surface area contributed by atoms with Gasteiger partial charge in [0.1, 0.15) is 0 Å². The number of carbonyl (C=O) groups excluding carboxylic acids is 1. The molecule has 3 aromatic rings. The van der Waals surface area contributed by atoms with Crippen LogP contribution in [0.4, 0.5) is 8.78 Å². The van der Waals surface area contributed by atoms with E-state index in [1.807, 2.05) is 18.2 Å². The Labute approximate surface area is 161 Å². The Morgan fingerprint density at radius 2 is 1.79 bits per heavy atom. The van der Waals surface area contributed by atoms with Crippen molar-refractivity contribution in [3.63, 3.8) is 0 Å². The Bertz CT molecular complexity index is 964. The van der Waals surface area contributed by atoms with E-state index in [0.29, 0.717) is 24.6 Å². The number of nitrogens with zero attached hydrogens (tertiary/aromatic N) is 2. The van der Waals surface area contributed by atoms with Gasteiger partial charge >= 0.3 is 0 Å². The van der Waals surface area contributed by atoms with Crippen molar-refractivity contribution in [2.75, 3.05) is 13.1 Å². The number of carbonyl (C=O) groups is 1. The van der Waals surface area contributed by atoms with Crippen LogP contribution in [0, 0.1) is 17.6 Å². The van der Waals surface area contributed by atoms with Gasteiger partial charge in [-0.25, -0.2) is 8.78 Å². The number of aromatic nitrogens is 1. The smallest absolute Gasteiger partial charge is 0.276 e. The minimum Gasteiger partial charge on any atom is -0.355 e. The van der Waals surface area contributed by atoms with Gasteiger partial charge in [-0.05, 0) is 48.9 Å². The molecule has 6 heteroatoms. The van der Waals surface area contributed by atoms with E-state index in [4.69, 9.17) is 4.52 Å². The zero-order valence-electron chi connectivity index (χ0n) is 15.3. The number of hydrogen-bond donors (Lipinski definition) is 0. The lowest BCUT2D eigenvalue weighted by Crippen LogP contribution is -2.39. The van der Waals surface area contributed by atoms with Crippen LogP contribution in [0.3, 0.4) is 0 Å². The van der Waals surface area contributed by atoms with E-state index in [1.54, 1.807) is 4.90 Å². The Kier molecular flexibility index (Phi) is 5.19. The molecule has 1 amide bonds. The van der Waals surface area contributed by atoms with Gasteiger partial charge in [0.25, 0.3) is 5.91 Å². The van der Waals surface area contributed by atoms with E-state index in [1.165, 1.54) is 17.7 Å². The highest BCUT2D eigenvalue weighted by molar-refractivity contribution is 5.93. The first-order valence-electron chi connectivity index (χ1n) is 9.35. The van der Waals surface area contributed by atoms with Crippen LogP contribution in [0.2, 0.25) is 0 Å². The lowest BCUT2D eigenvalue weighted by molar-refractivity contribution is 0.0680. The minimum atomic E-state index is -0.970. The second-order valence-corrected chi connectivity index (χ2v) is 7.13. The molecule has 2 aromatic carbocycles. The third-order valence-electron chi connectivity index (χ3n) is 5.20. The molecular formula is C22H20F2N2O2. The first kappa shape index (κ1) is 18.3. The predicted octanol–water partition coefficient (Wildman–Crippen LogP) is 4.71. The molecule has 4 nitrogen and oxygen atoms in total. The zero-order chi connectivity index (χ0) is 19.5. The Morgan fingerprint density at radius 3 is 2.50 bits per heavy atom. The molecule has 28 heavy (non-hydrogen) atoms. The molecule has 0 unspecified atom stereocenters. The molecule has 0 bridgehead atoms. The molecule has 0 spiro atoms. The summed E-state index contributed by atoms with van der Waals surface area (Å²) in [6.07, 6.45) is 2.90. The van der Waals surface area contributed by atoms with Gasteiger partial charge in [-0.3, -0.25) is 4.79 Å². The Balaban J connectivity index is 1.38. The van der Waals surface area contributed by atoms with Crippen molar-refractivity contribution in [2.24, 2.45) is 5.92 Å². The molecule has 1 aliphatic heterocycles. The number of halogens is 2. The Morgan fingerprint density at radius 1 is 1.04 bits per heavy atom. The van der Waals surface area contributed by atoms with Crippen LogP contribution in [0.5, 0.6) is 0 Å². The molecule has 0 atom stereocenters. The number of hydrogen-bond acceptors (Lipinski definition) is 3. The van der Waals surface area contributed by atoms with Crippen LogP contribution < -0.4 is 0 Å². The van der Waals surface area contributed by atoms with Gasteiger partial charge in [0, 0.05) is 24.7 Å². The lowest BCUT2D eigenvalue weighted by Gasteiger charge is -2.31. The van der Waals surface area contributed by atoms with Crippen molar-refractivity contribution in [1.29, 1.82) is 0 Å². The van der Waals surface area contributed by atoms with Gasteiger partial charge in [0.05, 0.1) is 0 Å². The average molecular weight is 382 g/mol. The maximum atomic E-state index is 13.4. The lowest BCUT2D eigenvalue weighted by atomic mass is 9.90. The van der Waals surface area contributed by atoms with Crippen molar-refractivity contribution in [3.05, 3.63) is 77.5 Å². The quantitative estimate of drug-likeness (QED) is 0.656. The molecule has 1 saturated heterocycles. The van der Waals surface area contributed by atoms with E-state index in [2.05, 4.69) is 17.3 Å². The topological polar surface area (TPSA) is 46.3 Å². The molecule has 0 radical (unpaired) electrons. The molecule has 2 heterocycles. The third kappa shape index (κ3) is 3.96. The highest BCUT2D eigenvalue weighted by atomic mass is 19.2. The fourth-order valence-electron chi connectivity index (χ4n) is 3.61. The van der Waals surface area contributed by atoms with Crippen LogP contribution in [0.1, 0.15) is 28.9 Å². The van der Waals surface area contributed by atoms with E-state index in [0.717, 1.165) is 31.4 Å². The fraction of sp³-hybridized carbons (Fsp3) is 0.273. The first-order valence-corrected chi connectivity index (χ1v) is 9.35. The maximum absolute atomic E-state index is 13.4. The van der Waals surface area contributed by atoms with E-state index in [-0.39, 0.29) is 17.4 Å². The van der Waals surface area contributed by atoms with Gasteiger partial charge in [0.15, 0.2) is 23.1 Å². The van der Waals surface area contributed by atoms with Gasteiger partial charge in [-0.15, -0.1) is 0 Å². The zero-order valence-corrected chi connectivity index (χ0v) is 15.3. The number of amides is 1. The summed E-state index contributed by atoms with van der Waals surface area (Å²) in [5, 5.41) is 3.82. The Hall–Kier alpha value is -3.02. The van der Waals surface area contributed by atoms with Crippen LogP contribution in [-0.2, 0) is 6.42 Å².